The Balaban J connectivity index is 4.50. The Bertz CT molecular complexity index is 1970. The van der Waals surface area contributed by atoms with Gasteiger partial charge >= 0.3 is 17.9 Å². The molecule has 0 aliphatic heterocycles. The van der Waals surface area contributed by atoms with Gasteiger partial charge in [0, 0.05) is 12.8 Å². The van der Waals surface area contributed by atoms with E-state index in [1.165, 1.54) is 51.4 Å². The molecule has 0 aliphatic carbocycles. The Labute approximate surface area is 503 Å². The van der Waals surface area contributed by atoms with E-state index in [0.717, 1.165) is 148 Å². The first-order valence-corrected chi connectivity index (χ1v) is 32.4. The zero-order valence-corrected chi connectivity index (χ0v) is 52.2. The van der Waals surface area contributed by atoms with Crippen LogP contribution in [0.1, 0.15) is 245 Å². The fourth-order valence-corrected chi connectivity index (χ4v) is 8.07. The molecule has 0 spiro atoms. The summed E-state index contributed by atoms with van der Waals surface area (Å²) in [7, 11) is 0. The summed E-state index contributed by atoms with van der Waals surface area (Å²) >= 11 is 0. The van der Waals surface area contributed by atoms with Crippen molar-refractivity contribution in [3.8, 4) is 0 Å². The van der Waals surface area contributed by atoms with Gasteiger partial charge in [0.25, 0.3) is 0 Å². The lowest BCUT2D eigenvalue weighted by Gasteiger charge is -2.18. The van der Waals surface area contributed by atoms with Gasteiger partial charge in [-0.25, -0.2) is 0 Å². The number of esters is 3. The quantitative estimate of drug-likeness (QED) is 0.0261. The molecule has 6 nitrogen and oxygen atoms in total. The zero-order valence-electron chi connectivity index (χ0n) is 52.2. The predicted octanol–water partition coefficient (Wildman–Crippen LogP) is 22.6. The largest absolute Gasteiger partial charge is 0.462 e. The lowest BCUT2D eigenvalue weighted by molar-refractivity contribution is -0.166. The van der Waals surface area contributed by atoms with Crippen molar-refractivity contribution in [3.63, 3.8) is 0 Å². The van der Waals surface area contributed by atoms with Crippen LogP contribution in [0, 0.1) is 0 Å². The molecule has 0 bridgehead atoms. The lowest BCUT2D eigenvalue weighted by atomic mass is 10.1. The summed E-state index contributed by atoms with van der Waals surface area (Å²) in [6.07, 6.45) is 103. The van der Waals surface area contributed by atoms with Crippen LogP contribution in [0.3, 0.4) is 0 Å². The average molecular weight is 1130 g/mol. The van der Waals surface area contributed by atoms with E-state index in [2.05, 4.69) is 203 Å². The molecule has 0 aliphatic rings. The highest BCUT2D eigenvalue weighted by atomic mass is 16.6. The van der Waals surface area contributed by atoms with Gasteiger partial charge in [-0.05, 0) is 148 Å². The van der Waals surface area contributed by atoms with Crippen LogP contribution in [0.2, 0.25) is 0 Å². The van der Waals surface area contributed by atoms with Gasteiger partial charge in [0.2, 0.25) is 0 Å². The van der Waals surface area contributed by atoms with Gasteiger partial charge in [-0.2, -0.15) is 0 Å². The van der Waals surface area contributed by atoms with Crippen LogP contribution < -0.4 is 0 Å². The maximum Gasteiger partial charge on any atom is 0.309 e. The van der Waals surface area contributed by atoms with Gasteiger partial charge < -0.3 is 14.2 Å². The number of hydrogen-bond acceptors (Lipinski definition) is 6. The normalized spacial score (nSPS) is 13.5. The monoisotopic (exact) mass is 1120 g/mol. The van der Waals surface area contributed by atoms with E-state index in [-0.39, 0.29) is 44.4 Å². The number of allylic oxidation sites excluding steroid dienone is 31. The van der Waals surface area contributed by atoms with Gasteiger partial charge in [-0.1, -0.05) is 273 Å². The highest BCUT2D eigenvalue weighted by Crippen LogP contribution is 2.13. The fourth-order valence-electron chi connectivity index (χ4n) is 8.07. The number of rotatable bonds is 56. The molecule has 1 atom stereocenters. The SMILES string of the molecule is CC/C=C\C/C=C\C/C=C\C/C=C\C/C=C\C/C=C\C/C=C\C/C=C\C/C=C\C/C=C\CCCCC(=O)OCC(COC(=O)C/C=C\C/C=C\C/C=C\C/C=C\C/C=C\CC)OC(=O)CCCCCCC/C=C\CCCCCCCCC. The van der Waals surface area contributed by atoms with Crippen LogP contribution in [0.5, 0.6) is 0 Å². The average Bonchev–Trinajstić information content (AvgIpc) is 3.47. The van der Waals surface area contributed by atoms with Crippen molar-refractivity contribution in [1.82, 2.24) is 0 Å². The summed E-state index contributed by atoms with van der Waals surface area (Å²) in [4.78, 5) is 38.2. The summed E-state index contributed by atoms with van der Waals surface area (Å²) < 4.78 is 16.7. The Hall–Kier alpha value is -5.75. The molecule has 0 rings (SSSR count). The van der Waals surface area contributed by atoms with Crippen LogP contribution in [0.4, 0.5) is 0 Å². The van der Waals surface area contributed by atoms with E-state index in [1.807, 2.05) is 6.08 Å². The number of unbranched alkanes of at least 4 members (excludes halogenated alkanes) is 14. The Morgan fingerprint density at radius 2 is 0.524 bits per heavy atom. The fraction of sp³-hybridized carbons (Fsp3) is 0.539. The minimum atomic E-state index is -0.852. The number of hydrogen-bond donors (Lipinski definition) is 0. The van der Waals surface area contributed by atoms with Crippen molar-refractivity contribution in [1.29, 1.82) is 0 Å². The van der Waals surface area contributed by atoms with Crippen molar-refractivity contribution < 1.29 is 28.6 Å². The Morgan fingerprint density at radius 3 is 0.890 bits per heavy atom. The smallest absolute Gasteiger partial charge is 0.309 e. The molecule has 456 valence electrons. The van der Waals surface area contributed by atoms with Gasteiger partial charge in [0.05, 0.1) is 6.42 Å². The molecule has 0 radical (unpaired) electrons. The Morgan fingerprint density at radius 1 is 0.268 bits per heavy atom. The summed E-state index contributed by atoms with van der Waals surface area (Å²) in [6, 6.07) is 0. The summed E-state index contributed by atoms with van der Waals surface area (Å²) in [5, 5.41) is 0. The molecule has 0 N–H and O–H groups in total. The number of carbonyl (C=O) groups is 3. The van der Waals surface area contributed by atoms with E-state index < -0.39 is 12.1 Å². The highest BCUT2D eigenvalue weighted by molar-refractivity contribution is 5.72. The number of ether oxygens (including phenoxy) is 3. The van der Waals surface area contributed by atoms with Gasteiger partial charge in [0.15, 0.2) is 6.10 Å². The third-order valence-electron chi connectivity index (χ3n) is 12.8. The molecule has 0 aromatic heterocycles. The predicted molar refractivity (Wildman–Crippen MR) is 357 cm³/mol. The molecule has 0 fully saturated rings. The molecule has 82 heavy (non-hydrogen) atoms. The van der Waals surface area contributed by atoms with E-state index in [1.54, 1.807) is 6.08 Å². The summed E-state index contributed by atoms with van der Waals surface area (Å²) in [5.74, 6) is -1.13. The maximum absolute atomic E-state index is 12.9. The lowest BCUT2D eigenvalue weighted by Crippen LogP contribution is -2.30. The molecule has 0 saturated heterocycles. The first-order chi connectivity index (χ1) is 40.5. The zero-order chi connectivity index (χ0) is 59.2. The molecule has 0 aromatic rings. The molecular formula is C76H116O6. The first kappa shape index (κ1) is 76.2. The minimum Gasteiger partial charge on any atom is -0.462 e. The van der Waals surface area contributed by atoms with Crippen LogP contribution in [0.25, 0.3) is 0 Å². The second-order valence-corrected chi connectivity index (χ2v) is 20.6. The van der Waals surface area contributed by atoms with Crippen molar-refractivity contribution in [2.24, 2.45) is 0 Å². The molecule has 0 saturated carbocycles. The molecule has 0 aromatic carbocycles. The first-order valence-electron chi connectivity index (χ1n) is 32.4. The van der Waals surface area contributed by atoms with Crippen LogP contribution in [0.15, 0.2) is 194 Å². The summed E-state index contributed by atoms with van der Waals surface area (Å²) in [6.45, 7) is 6.26. The maximum atomic E-state index is 12.9. The second kappa shape index (κ2) is 67.8. The standard InChI is InChI=1S/C76H116O6/c1-4-7-10-13-16-19-22-25-28-30-31-32-33-34-35-36-37-38-39-40-41-42-43-44-45-46-49-51-54-57-60-63-66-69-75(78)81-72-73(71-80-74(77)68-65-62-59-56-53-50-47-27-24-21-18-15-12-9-6-3)82-76(79)70-67-64-61-58-55-52-48-29-26-23-20-17-14-11-8-5-2/h7,9-10,12,16,18-19,21,25,27-29,31-32,34-35,37-38,40-41,43-44,46-49,53-54,56-57,62,65,73H,4-6,8,11,13-15,17,20,22-24,26,30,33,36,39,42,45,50-52,55,58-61,63-64,66-72H2,1-3H3/b10-7-,12-9-,19-16-,21-18-,28-25-,32-31-,35-34-,38-37-,41-40-,44-43-,47-27-,48-29-,49-46-,56-53-,57-54-,65-62-. The van der Waals surface area contributed by atoms with E-state index in [9.17, 15) is 14.4 Å². The number of carbonyl (C=O) groups excluding carboxylic acids is 3. The summed E-state index contributed by atoms with van der Waals surface area (Å²) in [5.41, 5.74) is 0. The third-order valence-corrected chi connectivity index (χ3v) is 12.8. The van der Waals surface area contributed by atoms with Crippen molar-refractivity contribution in [2.45, 2.75) is 252 Å². The van der Waals surface area contributed by atoms with Crippen molar-refractivity contribution >= 4 is 17.9 Å². The molecule has 0 heterocycles. The van der Waals surface area contributed by atoms with E-state index in [4.69, 9.17) is 14.2 Å². The van der Waals surface area contributed by atoms with Crippen molar-refractivity contribution in [2.75, 3.05) is 13.2 Å². The van der Waals surface area contributed by atoms with Crippen LogP contribution in [-0.2, 0) is 28.6 Å². The van der Waals surface area contributed by atoms with Crippen LogP contribution in [-0.4, -0.2) is 37.2 Å². The second-order valence-electron chi connectivity index (χ2n) is 20.6. The minimum absolute atomic E-state index is 0.108. The van der Waals surface area contributed by atoms with E-state index >= 15 is 0 Å². The van der Waals surface area contributed by atoms with Gasteiger partial charge in [-0.3, -0.25) is 14.4 Å². The topological polar surface area (TPSA) is 78.9 Å². The molecule has 6 heteroatoms. The van der Waals surface area contributed by atoms with Crippen LogP contribution >= 0.6 is 0 Å². The van der Waals surface area contributed by atoms with Gasteiger partial charge in [-0.15, -0.1) is 0 Å². The molecular weight excluding hydrogens is 1010 g/mol. The molecule has 1 unspecified atom stereocenters. The Kier molecular flexibility index (Phi) is 63.0. The van der Waals surface area contributed by atoms with E-state index in [0.29, 0.717) is 6.42 Å². The molecule has 0 amide bonds. The highest BCUT2D eigenvalue weighted by Gasteiger charge is 2.19. The van der Waals surface area contributed by atoms with Gasteiger partial charge in [0.1, 0.15) is 13.2 Å². The van der Waals surface area contributed by atoms with Crippen molar-refractivity contribution in [3.05, 3.63) is 194 Å². The third kappa shape index (κ3) is 65.1.